The molecular weight excluding hydrogens is 236 g/mol. The van der Waals surface area contributed by atoms with E-state index in [9.17, 15) is 9.59 Å². The zero-order chi connectivity index (χ0) is 13.1. The van der Waals surface area contributed by atoms with Crippen LogP contribution >= 0.6 is 0 Å². The fraction of sp³-hybridized carbons (Fsp3) is 0.583. The number of carbonyl (C=O) groups excluding carboxylic acids is 1. The number of hydrogen-bond donors (Lipinski definition) is 2. The largest absolute Gasteiger partial charge is 0.480 e. The van der Waals surface area contributed by atoms with Gasteiger partial charge in [-0.3, -0.25) is 4.79 Å². The Bertz CT molecular complexity index is 467. The molecule has 6 nitrogen and oxygen atoms in total. The van der Waals surface area contributed by atoms with E-state index in [0.717, 1.165) is 37.0 Å². The maximum absolute atomic E-state index is 12.0. The highest BCUT2D eigenvalue weighted by Crippen LogP contribution is 2.24. The predicted molar refractivity (Wildman–Crippen MR) is 62.3 cm³/mol. The Hall–Kier alpha value is -1.85. The first kappa shape index (κ1) is 12.6. The fourth-order valence-electron chi connectivity index (χ4n) is 2.13. The molecule has 1 heterocycles. The van der Waals surface area contributed by atoms with Gasteiger partial charge in [0.1, 0.15) is 11.8 Å². The van der Waals surface area contributed by atoms with Crippen LogP contribution in [0, 0.1) is 0 Å². The van der Waals surface area contributed by atoms with Gasteiger partial charge in [-0.15, -0.1) is 0 Å². The van der Waals surface area contributed by atoms with Crippen LogP contribution in [0.5, 0.6) is 0 Å². The van der Waals surface area contributed by atoms with Crippen LogP contribution in [-0.4, -0.2) is 28.2 Å². The van der Waals surface area contributed by atoms with Crippen LogP contribution in [0.25, 0.3) is 0 Å². The number of carboxylic acid groups (broad SMARTS) is 1. The third-order valence-electron chi connectivity index (χ3n) is 3.18. The van der Waals surface area contributed by atoms with Crippen LogP contribution in [-0.2, 0) is 17.6 Å². The molecule has 1 aromatic rings. The van der Waals surface area contributed by atoms with Crippen molar-refractivity contribution in [3.63, 3.8) is 0 Å². The fourth-order valence-corrected chi connectivity index (χ4v) is 2.13. The van der Waals surface area contributed by atoms with E-state index in [-0.39, 0.29) is 5.69 Å². The lowest BCUT2D eigenvalue weighted by Crippen LogP contribution is -2.40. The van der Waals surface area contributed by atoms with Crippen molar-refractivity contribution in [3.05, 3.63) is 17.0 Å². The Balaban J connectivity index is 2.14. The molecule has 0 radical (unpaired) electrons. The quantitative estimate of drug-likeness (QED) is 0.838. The molecule has 2 rings (SSSR count). The van der Waals surface area contributed by atoms with Gasteiger partial charge in [-0.2, -0.15) is 0 Å². The molecule has 1 aliphatic rings. The zero-order valence-electron chi connectivity index (χ0n) is 10.2. The van der Waals surface area contributed by atoms with Gasteiger partial charge < -0.3 is 14.9 Å². The number of aromatic nitrogens is 1. The monoisotopic (exact) mass is 252 g/mol. The highest BCUT2D eigenvalue weighted by atomic mass is 16.5. The molecule has 0 bridgehead atoms. The normalized spacial score (nSPS) is 15.8. The predicted octanol–water partition coefficient (Wildman–Crippen LogP) is 1.15. The molecule has 1 atom stereocenters. The van der Waals surface area contributed by atoms with E-state index in [1.807, 2.05) is 0 Å². The van der Waals surface area contributed by atoms with Crippen LogP contribution < -0.4 is 5.32 Å². The molecule has 0 aliphatic heterocycles. The molecule has 0 fully saturated rings. The number of fused-ring (bicyclic) bond motifs is 1. The first-order chi connectivity index (χ1) is 8.63. The average molecular weight is 252 g/mol. The van der Waals surface area contributed by atoms with Gasteiger partial charge >= 0.3 is 5.97 Å². The van der Waals surface area contributed by atoms with Gasteiger partial charge in [0.05, 0.1) is 0 Å². The summed E-state index contributed by atoms with van der Waals surface area (Å²) in [6, 6.07) is -0.881. The number of amides is 1. The molecule has 1 amide bonds. The van der Waals surface area contributed by atoms with Crippen LogP contribution in [0.15, 0.2) is 4.52 Å². The summed E-state index contributed by atoms with van der Waals surface area (Å²) in [6.07, 6.45) is 3.94. The van der Waals surface area contributed by atoms with Crippen molar-refractivity contribution in [2.75, 3.05) is 0 Å². The molecule has 98 valence electrons. The highest BCUT2D eigenvalue weighted by molar-refractivity contribution is 5.96. The van der Waals surface area contributed by atoms with Crippen LogP contribution in [0.1, 0.15) is 48.0 Å². The lowest BCUT2D eigenvalue weighted by atomic mass is 9.96. The Kier molecular flexibility index (Phi) is 3.64. The zero-order valence-corrected chi connectivity index (χ0v) is 10.2. The molecule has 0 saturated heterocycles. The van der Waals surface area contributed by atoms with Crippen LogP contribution in [0.2, 0.25) is 0 Å². The van der Waals surface area contributed by atoms with Gasteiger partial charge in [0.15, 0.2) is 5.69 Å². The standard InChI is InChI=1S/C12H16N2O4/c1-2-8(12(16)17)13-11(15)10-7-5-3-4-6-9(7)18-14-10/h8H,2-6H2,1H3,(H,13,15)(H,16,17). The van der Waals surface area contributed by atoms with E-state index in [1.54, 1.807) is 6.92 Å². The lowest BCUT2D eigenvalue weighted by molar-refractivity contribution is -0.139. The average Bonchev–Trinajstić information content (AvgIpc) is 2.79. The number of aliphatic carboxylic acids is 1. The number of rotatable bonds is 4. The van der Waals surface area contributed by atoms with E-state index < -0.39 is 17.9 Å². The number of nitrogens with zero attached hydrogens (tertiary/aromatic N) is 1. The molecular formula is C12H16N2O4. The van der Waals surface area contributed by atoms with Gasteiger partial charge in [-0.25, -0.2) is 4.79 Å². The van der Waals surface area contributed by atoms with Crippen molar-refractivity contribution in [1.29, 1.82) is 0 Å². The topological polar surface area (TPSA) is 92.4 Å². The van der Waals surface area contributed by atoms with Crippen molar-refractivity contribution in [2.24, 2.45) is 0 Å². The van der Waals surface area contributed by atoms with Gasteiger partial charge in [0.2, 0.25) is 0 Å². The Morgan fingerprint density at radius 3 is 2.83 bits per heavy atom. The molecule has 0 spiro atoms. The van der Waals surface area contributed by atoms with Gasteiger partial charge in [-0.05, 0) is 25.7 Å². The number of carboxylic acids is 1. The first-order valence-corrected chi connectivity index (χ1v) is 6.14. The Labute approximate surface area is 104 Å². The summed E-state index contributed by atoms with van der Waals surface area (Å²) in [6.45, 7) is 1.71. The number of nitrogens with one attached hydrogen (secondary N) is 1. The Morgan fingerprint density at radius 1 is 1.44 bits per heavy atom. The van der Waals surface area contributed by atoms with Crippen molar-refractivity contribution in [3.8, 4) is 0 Å². The minimum Gasteiger partial charge on any atom is -0.480 e. The van der Waals surface area contributed by atoms with E-state index in [1.165, 1.54) is 0 Å². The second-order valence-corrected chi connectivity index (χ2v) is 4.41. The van der Waals surface area contributed by atoms with Crippen molar-refractivity contribution in [1.82, 2.24) is 10.5 Å². The van der Waals surface area contributed by atoms with Crippen molar-refractivity contribution in [2.45, 2.75) is 45.1 Å². The molecule has 0 aromatic carbocycles. The van der Waals surface area contributed by atoms with Crippen LogP contribution in [0.4, 0.5) is 0 Å². The maximum Gasteiger partial charge on any atom is 0.326 e. The summed E-state index contributed by atoms with van der Waals surface area (Å²) >= 11 is 0. The third kappa shape index (κ3) is 2.37. The van der Waals surface area contributed by atoms with Crippen molar-refractivity contribution < 1.29 is 19.2 Å². The molecule has 0 saturated carbocycles. The number of carbonyl (C=O) groups is 2. The molecule has 6 heteroatoms. The summed E-state index contributed by atoms with van der Waals surface area (Å²) in [5.74, 6) is -0.742. The molecule has 18 heavy (non-hydrogen) atoms. The third-order valence-corrected chi connectivity index (χ3v) is 3.18. The van der Waals surface area contributed by atoms with Gasteiger partial charge in [-0.1, -0.05) is 12.1 Å². The minimum atomic E-state index is -1.04. The van der Waals surface area contributed by atoms with Crippen molar-refractivity contribution >= 4 is 11.9 Å². The highest BCUT2D eigenvalue weighted by Gasteiger charge is 2.26. The molecule has 1 aromatic heterocycles. The first-order valence-electron chi connectivity index (χ1n) is 6.14. The maximum atomic E-state index is 12.0. The number of aryl methyl sites for hydroxylation is 1. The summed E-state index contributed by atoms with van der Waals surface area (Å²) in [5, 5.41) is 15.1. The second kappa shape index (κ2) is 5.20. The summed E-state index contributed by atoms with van der Waals surface area (Å²) in [4.78, 5) is 22.8. The molecule has 1 unspecified atom stereocenters. The SMILES string of the molecule is CCC(NC(=O)c1noc2c1CCCC2)C(=O)O. The summed E-state index contributed by atoms with van der Waals surface area (Å²) < 4.78 is 5.13. The van der Waals surface area contributed by atoms with Crippen LogP contribution in [0.3, 0.4) is 0 Å². The summed E-state index contributed by atoms with van der Waals surface area (Å²) in [5.41, 5.74) is 1.07. The van der Waals surface area contributed by atoms with E-state index in [2.05, 4.69) is 10.5 Å². The summed E-state index contributed by atoms with van der Waals surface area (Å²) in [7, 11) is 0. The molecule has 1 aliphatic carbocycles. The second-order valence-electron chi connectivity index (χ2n) is 4.41. The minimum absolute atomic E-state index is 0.240. The number of hydrogen-bond acceptors (Lipinski definition) is 4. The Morgan fingerprint density at radius 2 is 2.17 bits per heavy atom. The van der Waals surface area contributed by atoms with E-state index >= 15 is 0 Å². The van der Waals surface area contributed by atoms with Gasteiger partial charge in [0, 0.05) is 12.0 Å². The lowest BCUT2D eigenvalue weighted by Gasteiger charge is -2.12. The molecule has 2 N–H and O–H groups in total. The smallest absolute Gasteiger partial charge is 0.326 e. The van der Waals surface area contributed by atoms with Gasteiger partial charge in [0.25, 0.3) is 5.91 Å². The van der Waals surface area contributed by atoms with E-state index in [0.29, 0.717) is 6.42 Å². The van der Waals surface area contributed by atoms with E-state index in [4.69, 9.17) is 9.63 Å².